The van der Waals surface area contributed by atoms with Gasteiger partial charge in [-0.2, -0.15) is 0 Å². The van der Waals surface area contributed by atoms with Crippen LogP contribution in [0, 0.1) is 5.41 Å². The van der Waals surface area contributed by atoms with E-state index in [2.05, 4.69) is 26.0 Å². The summed E-state index contributed by atoms with van der Waals surface area (Å²) in [6, 6.07) is 6.07. The molecule has 0 saturated heterocycles. The highest BCUT2D eigenvalue weighted by molar-refractivity contribution is 5.81. The molecule has 1 aromatic rings. The SMILES string of the molecule is CC[C@]12CCC3=C(C1=CC[C@@H]2OC(C)=O)C(C)Oc1cc(OC)ccc13. The van der Waals surface area contributed by atoms with Crippen molar-refractivity contribution in [3.63, 3.8) is 0 Å². The Morgan fingerprint density at radius 1 is 1.38 bits per heavy atom. The van der Waals surface area contributed by atoms with Gasteiger partial charge < -0.3 is 14.2 Å². The van der Waals surface area contributed by atoms with Gasteiger partial charge in [-0.15, -0.1) is 0 Å². The van der Waals surface area contributed by atoms with Crippen molar-refractivity contribution in [1.82, 2.24) is 0 Å². The zero-order valence-corrected chi connectivity index (χ0v) is 15.9. The van der Waals surface area contributed by atoms with E-state index in [0.717, 1.165) is 37.2 Å². The van der Waals surface area contributed by atoms with Gasteiger partial charge in [-0.1, -0.05) is 13.0 Å². The number of hydrogen-bond acceptors (Lipinski definition) is 4. The number of hydrogen-bond donors (Lipinski definition) is 0. The summed E-state index contributed by atoms with van der Waals surface area (Å²) >= 11 is 0. The van der Waals surface area contributed by atoms with Gasteiger partial charge in [0.05, 0.1) is 7.11 Å². The second kappa shape index (κ2) is 6.19. The Morgan fingerprint density at radius 2 is 2.19 bits per heavy atom. The van der Waals surface area contributed by atoms with Gasteiger partial charge in [0, 0.05) is 30.4 Å². The maximum Gasteiger partial charge on any atom is 0.302 e. The first-order valence-corrected chi connectivity index (χ1v) is 9.46. The van der Waals surface area contributed by atoms with Crippen molar-refractivity contribution in [3.05, 3.63) is 41.0 Å². The maximum absolute atomic E-state index is 11.6. The predicted molar refractivity (Wildman–Crippen MR) is 100 cm³/mol. The zero-order valence-electron chi connectivity index (χ0n) is 15.9. The molecule has 0 radical (unpaired) electrons. The standard InChI is InChI=1S/C22H26O4/c1-5-22-11-10-17-16-7-6-15(24-4)12-19(16)25-13(2)21(17)18(22)8-9-20(22)26-14(3)23/h6-8,12-13,20H,5,9-11H2,1-4H3/t13?,20-,22-/m0/s1. The molecule has 0 bridgehead atoms. The number of benzene rings is 1. The third-order valence-corrected chi connectivity index (χ3v) is 6.29. The molecule has 4 heteroatoms. The van der Waals surface area contributed by atoms with Crippen LogP contribution in [0.5, 0.6) is 11.5 Å². The molecule has 26 heavy (non-hydrogen) atoms. The summed E-state index contributed by atoms with van der Waals surface area (Å²) in [5.74, 6) is 1.52. The zero-order chi connectivity index (χ0) is 18.5. The molecule has 1 aliphatic heterocycles. The molecule has 0 spiro atoms. The van der Waals surface area contributed by atoms with E-state index in [1.54, 1.807) is 7.11 Å². The van der Waals surface area contributed by atoms with Crippen molar-refractivity contribution in [2.24, 2.45) is 5.41 Å². The number of esters is 1. The van der Waals surface area contributed by atoms with Crippen LogP contribution in [-0.2, 0) is 9.53 Å². The number of ether oxygens (including phenoxy) is 3. The van der Waals surface area contributed by atoms with E-state index >= 15 is 0 Å². The lowest BCUT2D eigenvalue weighted by molar-refractivity contribution is -0.151. The second-order valence-corrected chi connectivity index (χ2v) is 7.48. The Bertz CT molecular complexity index is 819. The molecule has 4 rings (SSSR count). The summed E-state index contributed by atoms with van der Waals surface area (Å²) in [4.78, 5) is 11.6. The highest BCUT2D eigenvalue weighted by Crippen LogP contribution is 2.58. The summed E-state index contributed by atoms with van der Waals surface area (Å²) in [5.41, 5.74) is 5.10. The molecule has 1 aromatic carbocycles. The van der Waals surface area contributed by atoms with Crippen molar-refractivity contribution < 1.29 is 19.0 Å². The largest absolute Gasteiger partial charge is 0.497 e. The van der Waals surface area contributed by atoms with Gasteiger partial charge in [-0.3, -0.25) is 4.79 Å². The first-order chi connectivity index (χ1) is 12.5. The average molecular weight is 354 g/mol. The molecule has 138 valence electrons. The van der Waals surface area contributed by atoms with E-state index in [1.165, 1.54) is 29.2 Å². The minimum Gasteiger partial charge on any atom is -0.497 e. The minimum atomic E-state index is -0.192. The molecule has 2 aliphatic carbocycles. The highest BCUT2D eigenvalue weighted by Gasteiger charge is 2.51. The summed E-state index contributed by atoms with van der Waals surface area (Å²) in [5, 5.41) is 0. The van der Waals surface area contributed by atoms with Gasteiger partial charge >= 0.3 is 5.97 Å². The van der Waals surface area contributed by atoms with Gasteiger partial charge in [0.2, 0.25) is 0 Å². The number of carbonyl (C=O) groups is 1. The molecule has 3 atom stereocenters. The molecule has 0 fully saturated rings. The van der Waals surface area contributed by atoms with Crippen LogP contribution in [0.4, 0.5) is 0 Å². The molecule has 0 N–H and O–H groups in total. The van der Waals surface area contributed by atoms with Crippen LogP contribution in [-0.4, -0.2) is 25.3 Å². The van der Waals surface area contributed by atoms with E-state index < -0.39 is 0 Å². The fraction of sp³-hybridized carbons (Fsp3) is 0.500. The molecule has 1 unspecified atom stereocenters. The Morgan fingerprint density at radius 3 is 2.88 bits per heavy atom. The van der Waals surface area contributed by atoms with Crippen LogP contribution in [0.15, 0.2) is 35.4 Å². The summed E-state index contributed by atoms with van der Waals surface area (Å²) in [6.07, 6.45) is 5.95. The summed E-state index contributed by atoms with van der Waals surface area (Å²) < 4.78 is 17.3. The van der Waals surface area contributed by atoms with Gasteiger partial charge in [-0.25, -0.2) is 0 Å². The van der Waals surface area contributed by atoms with Crippen LogP contribution in [0.25, 0.3) is 5.57 Å². The van der Waals surface area contributed by atoms with E-state index in [1.807, 2.05) is 12.1 Å². The number of allylic oxidation sites excluding steroid dienone is 1. The van der Waals surface area contributed by atoms with Crippen LogP contribution in [0.3, 0.4) is 0 Å². The topological polar surface area (TPSA) is 44.8 Å². The second-order valence-electron chi connectivity index (χ2n) is 7.48. The molecule has 3 aliphatic rings. The lowest BCUT2D eigenvalue weighted by Gasteiger charge is -2.45. The predicted octanol–water partition coefficient (Wildman–Crippen LogP) is 4.68. The van der Waals surface area contributed by atoms with Crippen LogP contribution in [0.1, 0.15) is 52.0 Å². The molecular formula is C22H26O4. The third kappa shape index (κ3) is 2.38. The van der Waals surface area contributed by atoms with Crippen molar-refractivity contribution in [2.45, 2.75) is 58.7 Å². The van der Waals surface area contributed by atoms with Gasteiger partial charge in [0.15, 0.2) is 0 Å². The highest BCUT2D eigenvalue weighted by atomic mass is 16.5. The molecule has 0 amide bonds. The van der Waals surface area contributed by atoms with Crippen molar-refractivity contribution in [3.8, 4) is 11.5 Å². The van der Waals surface area contributed by atoms with Crippen molar-refractivity contribution >= 4 is 11.5 Å². The molecule has 4 nitrogen and oxygen atoms in total. The van der Waals surface area contributed by atoms with Gasteiger partial charge in [0.1, 0.15) is 23.7 Å². The molecule has 0 aromatic heterocycles. The van der Waals surface area contributed by atoms with E-state index in [-0.39, 0.29) is 23.6 Å². The number of fused-ring (bicyclic) bond motifs is 4. The average Bonchev–Trinajstić information content (AvgIpc) is 2.99. The maximum atomic E-state index is 11.6. The fourth-order valence-electron chi connectivity index (χ4n) is 5.07. The lowest BCUT2D eigenvalue weighted by atomic mass is 9.64. The normalized spacial score (nSPS) is 29.2. The van der Waals surface area contributed by atoms with E-state index in [0.29, 0.717) is 0 Å². The molecule has 0 saturated carbocycles. The number of carbonyl (C=O) groups excluding carboxylic acids is 1. The Balaban J connectivity index is 1.80. The monoisotopic (exact) mass is 354 g/mol. The van der Waals surface area contributed by atoms with Crippen LogP contribution < -0.4 is 9.47 Å². The number of methoxy groups -OCH3 is 1. The van der Waals surface area contributed by atoms with Gasteiger partial charge in [-0.05, 0) is 55.0 Å². The first kappa shape index (κ1) is 17.2. The molecule has 1 heterocycles. The summed E-state index contributed by atoms with van der Waals surface area (Å²) in [7, 11) is 1.67. The fourth-order valence-corrected chi connectivity index (χ4v) is 5.07. The van der Waals surface area contributed by atoms with Crippen molar-refractivity contribution in [1.29, 1.82) is 0 Å². The van der Waals surface area contributed by atoms with Gasteiger partial charge in [0.25, 0.3) is 0 Å². The Labute approximate surface area is 154 Å². The number of rotatable bonds is 3. The van der Waals surface area contributed by atoms with Crippen LogP contribution >= 0.6 is 0 Å². The van der Waals surface area contributed by atoms with Crippen molar-refractivity contribution in [2.75, 3.05) is 7.11 Å². The van der Waals surface area contributed by atoms with E-state index in [9.17, 15) is 4.79 Å². The first-order valence-electron chi connectivity index (χ1n) is 9.46. The minimum absolute atomic E-state index is 0.0156. The van der Waals surface area contributed by atoms with Crippen LogP contribution in [0.2, 0.25) is 0 Å². The quantitative estimate of drug-likeness (QED) is 0.739. The lowest BCUT2D eigenvalue weighted by Crippen LogP contribution is -2.41. The Hall–Kier alpha value is -2.23. The summed E-state index contributed by atoms with van der Waals surface area (Å²) in [6.45, 7) is 5.82. The third-order valence-electron chi connectivity index (χ3n) is 6.29. The Kier molecular flexibility index (Phi) is 4.09. The smallest absolute Gasteiger partial charge is 0.302 e. The van der Waals surface area contributed by atoms with E-state index in [4.69, 9.17) is 14.2 Å². The molecular weight excluding hydrogens is 328 g/mol.